The van der Waals surface area contributed by atoms with Gasteiger partial charge in [-0.15, -0.1) is 0 Å². The number of aliphatic imine (C=N–C) groups is 1. The number of nitrogens with zero attached hydrogens (tertiary/aromatic N) is 2. The predicted octanol–water partition coefficient (Wildman–Crippen LogP) is 0.939. The van der Waals surface area contributed by atoms with E-state index in [0.29, 0.717) is 12.5 Å². The third-order valence-corrected chi connectivity index (χ3v) is 3.34. The maximum Gasteiger partial charge on any atom is 0.193 e. The molecule has 0 aromatic carbocycles. The molecule has 0 aromatic heterocycles. The van der Waals surface area contributed by atoms with Crippen molar-refractivity contribution in [3.8, 4) is 0 Å². The standard InChI is InChI=1S/C14H29N3O2/c1-4-15-14(16-8-12(3)10-18)17-7-6-13(9-17)11-19-5-2/h12-13,18H,4-11H2,1-3H3,(H,15,16). The highest BCUT2D eigenvalue weighted by molar-refractivity contribution is 5.80. The zero-order valence-corrected chi connectivity index (χ0v) is 12.6. The molecule has 0 aromatic rings. The molecule has 1 aliphatic heterocycles. The van der Waals surface area contributed by atoms with Crippen LogP contribution in [-0.4, -0.2) is 62.0 Å². The van der Waals surface area contributed by atoms with Crippen molar-refractivity contribution >= 4 is 5.96 Å². The summed E-state index contributed by atoms with van der Waals surface area (Å²) in [5, 5.41) is 12.4. The number of hydrogen-bond donors (Lipinski definition) is 2. The van der Waals surface area contributed by atoms with E-state index in [1.165, 1.54) is 6.42 Å². The zero-order valence-electron chi connectivity index (χ0n) is 12.6. The highest BCUT2D eigenvalue weighted by Crippen LogP contribution is 2.16. The van der Waals surface area contributed by atoms with Crippen LogP contribution in [-0.2, 0) is 4.74 Å². The van der Waals surface area contributed by atoms with Crippen molar-refractivity contribution in [2.24, 2.45) is 16.8 Å². The normalized spacial score (nSPS) is 21.8. The van der Waals surface area contributed by atoms with Crippen LogP contribution in [0.2, 0.25) is 0 Å². The quantitative estimate of drug-likeness (QED) is 0.534. The van der Waals surface area contributed by atoms with Crippen LogP contribution in [0.15, 0.2) is 4.99 Å². The van der Waals surface area contributed by atoms with Gasteiger partial charge in [0.25, 0.3) is 0 Å². The van der Waals surface area contributed by atoms with E-state index < -0.39 is 0 Å². The predicted molar refractivity (Wildman–Crippen MR) is 78.4 cm³/mol. The lowest BCUT2D eigenvalue weighted by atomic mass is 10.1. The van der Waals surface area contributed by atoms with Crippen molar-refractivity contribution in [1.82, 2.24) is 10.2 Å². The molecular formula is C14H29N3O2. The second kappa shape index (κ2) is 9.15. The van der Waals surface area contributed by atoms with Gasteiger partial charge in [-0.25, -0.2) is 0 Å². The molecule has 1 heterocycles. The summed E-state index contributed by atoms with van der Waals surface area (Å²) in [4.78, 5) is 6.91. The van der Waals surface area contributed by atoms with E-state index in [1.54, 1.807) is 0 Å². The van der Waals surface area contributed by atoms with Gasteiger partial charge in [0.15, 0.2) is 5.96 Å². The average Bonchev–Trinajstić information content (AvgIpc) is 2.89. The second-order valence-corrected chi connectivity index (χ2v) is 5.24. The number of rotatable bonds is 7. The van der Waals surface area contributed by atoms with Gasteiger partial charge in [-0.05, 0) is 26.2 Å². The van der Waals surface area contributed by atoms with Crippen molar-refractivity contribution in [2.75, 3.05) is 46.0 Å². The zero-order chi connectivity index (χ0) is 14.1. The van der Waals surface area contributed by atoms with Crippen LogP contribution in [0.25, 0.3) is 0 Å². The van der Waals surface area contributed by atoms with E-state index in [2.05, 4.69) is 22.1 Å². The molecule has 0 amide bonds. The number of nitrogens with one attached hydrogen (secondary N) is 1. The van der Waals surface area contributed by atoms with Gasteiger partial charge in [-0.3, -0.25) is 4.99 Å². The minimum Gasteiger partial charge on any atom is -0.396 e. The van der Waals surface area contributed by atoms with Gasteiger partial charge >= 0.3 is 0 Å². The molecule has 5 nitrogen and oxygen atoms in total. The maximum atomic E-state index is 9.06. The Balaban J connectivity index is 2.48. The molecule has 1 rings (SSSR count). The van der Waals surface area contributed by atoms with Crippen molar-refractivity contribution in [2.45, 2.75) is 27.2 Å². The monoisotopic (exact) mass is 271 g/mol. The van der Waals surface area contributed by atoms with Crippen molar-refractivity contribution in [1.29, 1.82) is 0 Å². The first-order chi connectivity index (χ1) is 9.21. The summed E-state index contributed by atoms with van der Waals surface area (Å²) in [6, 6.07) is 0. The molecule has 1 aliphatic rings. The molecule has 19 heavy (non-hydrogen) atoms. The Morgan fingerprint density at radius 3 is 2.95 bits per heavy atom. The summed E-state index contributed by atoms with van der Waals surface area (Å²) in [5.74, 6) is 1.80. The number of aliphatic hydroxyl groups excluding tert-OH is 1. The van der Waals surface area contributed by atoms with Crippen LogP contribution in [0.5, 0.6) is 0 Å². The van der Waals surface area contributed by atoms with Gasteiger partial charge in [-0.2, -0.15) is 0 Å². The molecule has 5 heteroatoms. The van der Waals surface area contributed by atoms with Gasteiger partial charge in [0.05, 0.1) is 6.61 Å². The van der Waals surface area contributed by atoms with E-state index in [4.69, 9.17) is 9.84 Å². The summed E-state index contributed by atoms with van der Waals surface area (Å²) >= 11 is 0. The van der Waals surface area contributed by atoms with Crippen LogP contribution >= 0.6 is 0 Å². The number of hydrogen-bond acceptors (Lipinski definition) is 3. The lowest BCUT2D eigenvalue weighted by Gasteiger charge is -2.22. The first kappa shape index (κ1) is 16.2. The van der Waals surface area contributed by atoms with Crippen LogP contribution in [0, 0.1) is 11.8 Å². The smallest absolute Gasteiger partial charge is 0.193 e. The Hall–Kier alpha value is -0.810. The molecule has 0 saturated carbocycles. The Morgan fingerprint density at radius 1 is 1.53 bits per heavy atom. The average molecular weight is 271 g/mol. The van der Waals surface area contributed by atoms with Crippen LogP contribution in [0.4, 0.5) is 0 Å². The first-order valence-corrected chi connectivity index (χ1v) is 7.43. The van der Waals surface area contributed by atoms with Crippen molar-refractivity contribution in [3.05, 3.63) is 0 Å². The summed E-state index contributed by atoms with van der Waals surface area (Å²) in [7, 11) is 0. The molecule has 0 spiro atoms. The van der Waals surface area contributed by atoms with Gasteiger partial charge in [0.1, 0.15) is 0 Å². The maximum absolute atomic E-state index is 9.06. The Morgan fingerprint density at radius 2 is 2.32 bits per heavy atom. The Kier molecular flexibility index (Phi) is 7.82. The molecule has 0 aliphatic carbocycles. The van der Waals surface area contributed by atoms with Crippen LogP contribution in [0.1, 0.15) is 27.2 Å². The fraction of sp³-hybridized carbons (Fsp3) is 0.929. The van der Waals surface area contributed by atoms with E-state index in [1.807, 2.05) is 13.8 Å². The van der Waals surface area contributed by atoms with Gasteiger partial charge in [0, 0.05) is 45.3 Å². The molecule has 1 saturated heterocycles. The molecule has 1 fully saturated rings. The number of likely N-dealkylation sites (tertiary alicyclic amines) is 1. The molecule has 2 unspecified atom stereocenters. The fourth-order valence-corrected chi connectivity index (χ4v) is 2.17. The van der Waals surface area contributed by atoms with Crippen molar-refractivity contribution in [3.63, 3.8) is 0 Å². The third kappa shape index (κ3) is 5.78. The first-order valence-electron chi connectivity index (χ1n) is 7.43. The molecule has 0 radical (unpaired) electrons. The van der Waals surface area contributed by atoms with Crippen LogP contribution in [0.3, 0.4) is 0 Å². The number of guanidine groups is 1. The second-order valence-electron chi connectivity index (χ2n) is 5.24. The Bertz CT molecular complexity index is 271. The van der Waals surface area contributed by atoms with E-state index >= 15 is 0 Å². The summed E-state index contributed by atoms with van der Waals surface area (Å²) in [6.07, 6.45) is 1.17. The minimum absolute atomic E-state index is 0.190. The molecule has 2 atom stereocenters. The van der Waals surface area contributed by atoms with Gasteiger partial charge in [-0.1, -0.05) is 6.92 Å². The van der Waals surface area contributed by atoms with Crippen LogP contribution < -0.4 is 5.32 Å². The molecule has 112 valence electrons. The summed E-state index contributed by atoms with van der Waals surface area (Å²) < 4.78 is 5.50. The fourth-order valence-electron chi connectivity index (χ4n) is 2.17. The van der Waals surface area contributed by atoms with E-state index in [-0.39, 0.29) is 12.5 Å². The van der Waals surface area contributed by atoms with E-state index in [9.17, 15) is 0 Å². The molecule has 2 N–H and O–H groups in total. The largest absolute Gasteiger partial charge is 0.396 e. The molecular weight excluding hydrogens is 242 g/mol. The van der Waals surface area contributed by atoms with Gasteiger partial charge < -0.3 is 20.1 Å². The van der Waals surface area contributed by atoms with Crippen molar-refractivity contribution < 1.29 is 9.84 Å². The number of ether oxygens (including phenoxy) is 1. The minimum atomic E-state index is 0.190. The summed E-state index contributed by atoms with van der Waals surface area (Å²) in [5.41, 5.74) is 0. The number of aliphatic hydroxyl groups is 1. The van der Waals surface area contributed by atoms with E-state index in [0.717, 1.165) is 38.8 Å². The summed E-state index contributed by atoms with van der Waals surface area (Å²) in [6.45, 7) is 11.6. The van der Waals surface area contributed by atoms with Gasteiger partial charge in [0.2, 0.25) is 0 Å². The SMILES string of the molecule is CCNC(=NCC(C)CO)N1CCC(COCC)C1. The highest BCUT2D eigenvalue weighted by atomic mass is 16.5. The lowest BCUT2D eigenvalue weighted by molar-refractivity contribution is 0.114. The topological polar surface area (TPSA) is 57.1 Å². The third-order valence-electron chi connectivity index (χ3n) is 3.34. The lowest BCUT2D eigenvalue weighted by Crippen LogP contribution is -2.40. The Labute approximate surface area is 117 Å². The molecule has 0 bridgehead atoms. The highest BCUT2D eigenvalue weighted by Gasteiger charge is 2.24.